The lowest BCUT2D eigenvalue weighted by atomic mass is 10.1. The molecule has 0 atom stereocenters. The van der Waals surface area contributed by atoms with Crippen molar-refractivity contribution in [3.63, 3.8) is 0 Å². The summed E-state index contributed by atoms with van der Waals surface area (Å²) in [4.78, 5) is 10.4. The molecule has 1 aromatic carbocycles. The molecule has 2 rings (SSSR count). The van der Waals surface area contributed by atoms with Crippen LogP contribution in [0.5, 0.6) is 0 Å². The van der Waals surface area contributed by atoms with E-state index >= 15 is 0 Å². The molecule has 0 aliphatic carbocycles. The highest BCUT2D eigenvalue weighted by molar-refractivity contribution is 5.49. The molecular formula is C15H17N5. The molecule has 0 spiro atoms. The zero-order valence-corrected chi connectivity index (χ0v) is 11.7. The molecule has 0 bridgehead atoms. The first kappa shape index (κ1) is 13.8. The minimum absolute atomic E-state index is 0.234. The fourth-order valence-electron chi connectivity index (χ4n) is 1.91. The van der Waals surface area contributed by atoms with Crippen LogP contribution in [0.15, 0.2) is 36.7 Å². The smallest absolute Gasteiger partial charge is 0.134 e. The number of rotatable bonds is 5. The zero-order chi connectivity index (χ0) is 14.4. The van der Waals surface area contributed by atoms with Crippen molar-refractivity contribution in [3.8, 4) is 6.07 Å². The summed E-state index contributed by atoms with van der Waals surface area (Å²) in [7, 11) is 1.99. The van der Waals surface area contributed by atoms with E-state index in [9.17, 15) is 0 Å². The molecule has 0 unspecified atom stereocenters. The first-order valence-corrected chi connectivity index (χ1v) is 6.39. The molecule has 0 saturated carbocycles. The lowest BCUT2D eigenvalue weighted by Crippen LogP contribution is -2.18. The highest BCUT2D eigenvalue weighted by Crippen LogP contribution is 2.16. The second kappa shape index (κ2) is 6.53. The van der Waals surface area contributed by atoms with Gasteiger partial charge in [-0.2, -0.15) is 5.26 Å². The molecule has 1 heterocycles. The average Bonchev–Trinajstić information content (AvgIpc) is 2.48. The van der Waals surface area contributed by atoms with Crippen LogP contribution < -0.4 is 10.2 Å². The quantitative estimate of drug-likeness (QED) is 0.842. The lowest BCUT2D eigenvalue weighted by molar-refractivity contribution is 0.884. The van der Waals surface area contributed by atoms with Crippen LogP contribution >= 0.6 is 0 Å². The third-order valence-corrected chi connectivity index (χ3v) is 3.06. The first-order chi connectivity index (χ1) is 9.70. The SMILES string of the molecule is Cc1ccccc1CN(C)c1cc(NCC#N)ncn1. The summed E-state index contributed by atoms with van der Waals surface area (Å²) in [5.41, 5.74) is 2.52. The third-order valence-electron chi connectivity index (χ3n) is 3.06. The summed E-state index contributed by atoms with van der Waals surface area (Å²) in [6.45, 7) is 3.11. The number of benzene rings is 1. The van der Waals surface area contributed by atoms with E-state index in [1.165, 1.54) is 17.5 Å². The van der Waals surface area contributed by atoms with E-state index in [1.54, 1.807) is 0 Å². The Morgan fingerprint density at radius 3 is 2.85 bits per heavy atom. The summed E-state index contributed by atoms with van der Waals surface area (Å²) in [5, 5.41) is 11.5. The Labute approximate surface area is 118 Å². The van der Waals surface area contributed by atoms with Crippen LogP contribution in [-0.2, 0) is 6.54 Å². The fourth-order valence-corrected chi connectivity index (χ4v) is 1.91. The van der Waals surface area contributed by atoms with Gasteiger partial charge in [-0.25, -0.2) is 9.97 Å². The predicted octanol–water partition coefficient (Wildman–Crippen LogP) is 2.36. The number of hydrogen-bond donors (Lipinski definition) is 1. The molecule has 0 aliphatic heterocycles. The van der Waals surface area contributed by atoms with Gasteiger partial charge >= 0.3 is 0 Å². The van der Waals surface area contributed by atoms with Crippen LogP contribution in [0.4, 0.5) is 11.6 Å². The molecule has 2 aromatic rings. The van der Waals surface area contributed by atoms with Crippen molar-refractivity contribution in [2.45, 2.75) is 13.5 Å². The molecule has 0 radical (unpaired) electrons. The number of nitriles is 1. The van der Waals surface area contributed by atoms with Gasteiger partial charge in [0.15, 0.2) is 0 Å². The highest BCUT2D eigenvalue weighted by Gasteiger charge is 2.06. The van der Waals surface area contributed by atoms with Gasteiger partial charge < -0.3 is 10.2 Å². The van der Waals surface area contributed by atoms with Gasteiger partial charge in [-0.3, -0.25) is 0 Å². The van der Waals surface area contributed by atoms with Crippen LogP contribution in [-0.4, -0.2) is 23.6 Å². The normalized spacial score (nSPS) is 9.85. The van der Waals surface area contributed by atoms with E-state index in [2.05, 4.69) is 39.2 Å². The van der Waals surface area contributed by atoms with E-state index < -0.39 is 0 Å². The van der Waals surface area contributed by atoms with Crippen molar-refractivity contribution in [3.05, 3.63) is 47.8 Å². The maximum Gasteiger partial charge on any atom is 0.134 e. The number of hydrogen-bond acceptors (Lipinski definition) is 5. The van der Waals surface area contributed by atoms with Crippen molar-refractivity contribution >= 4 is 11.6 Å². The molecule has 102 valence electrons. The maximum atomic E-state index is 8.57. The Morgan fingerprint density at radius 1 is 1.30 bits per heavy atom. The summed E-state index contributed by atoms with van der Waals surface area (Å²) >= 11 is 0. The maximum absolute atomic E-state index is 8.57. The Balaban J connectivity index is 2.11. The summed E-state index contributed by atoms with van der Waals surface area (Å²) in [5.74, 6) is 1.48. The Hall–Kier alpha value is -2.61. The molecule has 1 aromatic heterocycles. The first-order valence-electron chi connectivity index (χ1n) is 6.39. The lowest BCUT2D eigenvalue weighted by Gasteiger charge is -2.19. The largest absolute Gasteiger partial charge is 0.357 e. The Kier molecular flexibility index (Phi) is 4.51. The Bertz CT molecular complexity index is 618. The van der Waals surface area contributed by atoms with Gasteiger partial charge in [-0.05, 0) is 18.1 Å². The standard InChI is InChI=1S/C15H17N5/c1-12-5-3-4-6-13(12)10-20(2)15-9-14(17-8-7-16)18-11-19-15/h3-6,9,11H,8,10H2,1-2H3,(H,17,18,19). The van der Waals surface area contributed by atoms with Gasteiger partial charge in [0, 0.05) is 19.7 Å². The molecular weight excluding hydrogens is 250 g/mol. The number of aromatic nitrogens is 2. The van der Waals surface area contributed by atoms with E-state index in [4.69, 9.17) is 5.26 Å². The summed E-state index contributed by atoms with van der Waals surface area (Å²) in [6.07, 6.45) is 1.50. The van der Waals surface area contributed by atoms with E-state index in [0.717, 1.165) is 12.4 Å². The van der Waals surface area contributed by atoms with E-state index in [0.29, 0.717) is 5.82 Å². The van der Waals surface area contributed by atoms with Crippen molar-refractivity contribution in [1.29, 1.82) is 5.26 Å². The monoisotopic (exact) mass is 267 g/mol. The van der Waals surface area contributed by atoms with Crippen LogP contribution in [0.2, 0.25) is 0 Å². The molecule has 0 fully saturated rings. The second-order valence-electron chi connectivity index (χ2n) is 4.56. The topological polar surface area (TPSA) is 64.8 Å². The summed E-state index contributed by atoms with van der Waals surface area (Å²) < 4.78 is 0. The fraction of sp³-hybridized carbons (Fsp3) is 0.267. The minimum Gasteiger partial charge on any atom is -0.357 e. The molecule has 1 N–H and O–H groups in total. The van der Waals surface area contributed by atoms with Crippen LogP contribution in [0.3, 0.4) is 0 Å². The van der Waals surface area contributed by atoms with Crippen LogP contribution in [0.25, 0.3) is 0 Å². The predicted molar refractivity (Wildman–Crippen MR) is 79.4 cm³/mol. The number of nitrogens with one attached hydrogen (secondary N) is 1. The summed E-state index contributed by atoms with van der Waals surface area (Å²) in [6, 6.07) is 12.2. The molecule has 0 amide bonds. The van der Waals surface area contributed by atoms with Gasteiger partial charge in [-0.1, -0.05) is 24.3 Å². The van der Waals surface area contributed by atoms with Crippen molar-refractivity contribution in [2.75, 3.05) is 23.8 Å². The van der Waals surface area contributed by atoms with Crippen LogP contribution in [0, 0.1) is 18.3 Å². The number of anilines is 2. The number of aryl methyl sites for hydroxylation is 1. The van der Waals surface area contributed by atoms with Crippen molar-refractivity contribution in [2.24, 2.45) is 0 Å². The van der Waals surface area contributed by atoms with E-state index in [-0.39, 0.29) is 6.54 Å². The third kappa shape index (κ3) is 3.45. The molecule has 0 aliphatic rings. The van der Waals surface area contributed by atoms with Crippen molar-refractivity contribution < 1.29 is 0 Å². The molecule has 0 saturated heterocycles. The highest BCUT2D eigenvalue weighted by atomic mass is 15.2. The van der Waals surface area contributed by atoms with E-state index in [1.807, 2.05) is 31.3 Å². The molecule has 5 heteroatoms. The molecule has 5 nitrogen and oxygen atoms in total. The van der Waals surface area contributed by atoms with Gasteiger partial charge in [0.2, 0.25) is 0 Å². The Morgan fingerprint density at radius 2 is 2.10 bits per heavy atom. The molecule has 20 heavy (non-hydrogen) atoms. The van der Waals surface area contributed by atoms with Gasteiger partial charge in [0.05, 0.1) is 6.07 Å². The van der Waals surface area contributed by atoms with Crippen LogP contribution in [0.1, 0.15) is 11.1 Å². The zero-order valence-electron chi connectivity index (χ0n) is 11.7. The van der Waals surface area contributed by atoms with Gasteiger partial charge in [-0.15, -0.1) is 0 Å². The average molecular weight is 267 g/mol. The van der Waals surface area contributed by atoms with Crippen molar-refractivity contribution in [1.82, 2.24) is 9.97 Å². The van der Waals surface area contributed by atoms with Gasteiger partial charge in [0.25, 0.3) is 0 Å². The number of nitrogens with zero attached hydrogens (tertiary/aromatic N) is 4. The van der Waals surface area contributed by atoms with Gasteiger partial charge in [0.1, 0.15) is 24.5 Å². The second-order valence-corrected chi connectivity index (χ2v) is 4.56. The minimum atomic E-state index is 0.234.